The van der Waals surface area contributed by atoms with Crippen LogP contribution in [0.4, 0.5) is 0 Å². The van der Waals surface area contributed by atoms with E-state index >= 15 is 0 Å². The maximum Gasteiger partial charge on any atom is 0.105 e. The van der Waals surface area contributed by atoms with Gasteiger partial charge in [0.05, 0.1) is 11.5 Å². The minimum absolute atomic E-state index is 0.100. The van der Waals surface area contributed by atoms with Gasteiger partial charge in [-0.3, -0.25) is 0 Å². The Morgan fingerprint density at radius 1 is 1.47 bits per heavy atom. The molecule has 0 N–H and O–H groups in total. The van der Waals surface area contributed by atoms with Crippen LogP contribution in [0.3, 0.4) is 0 Å². The smallest absolute Gasteiger partial charge is 0.105 e. The van der Waals surface area contributed by atoms with Gasteiger partial charge in [-0.2, -0.15) is 5.26 Å². The minimum Gasteiger partial charge on any atom is -0.335 e. The number of likely N-dealkylation sites (tertiary alicyclic amines) is 1. The van der Waals surface area contributed by atoms with E-state index in [-0.39, 0.29) is 5.41 Å². The Morgan fingerprint density at radius 3 is 2.68 bits per heavy atom. The molecule has 0 bridgehead atoms. The lowest BCUT2D eigenvalue weighted by Crippen LogP contribution is -2.43. The van der Waals surface area contributed by atoms with Crippen LogP contribution in [-0.4, -0.2) is 33.6 Å². The average Bonchev–Trinajstić information content (AvgIpc) is 2.82. The van der Waals surface area contributed by atoms with E-state index in [0.717, 1.165) is 44.7 Å². The molecule has 0 aliphatic carbocycles. The van der Waals surface area contributed by atoms with Crippen LogP contribution in [0.5, 0.6) is 0 Å². The molecule has 2 heterocycles. The molecule has 0 saturated carbocycles. The van der Waals surface area contributed by atoms with E-state index in [1.807, 2.05) is 19.3 Å². The second kappa shape index (κ2) is 5.75. The first kappa shape index (κ1) is 14.1. The molecule has 1 aromatic rings. The van der Waals surface area contributed by atoms with Crippen LogP contribution in [0, 0.1) is 23.7 Å². The number of piperidine rings is 1. The lowest BCUT2D eigenvalue weighted by Gasteiger charge is -2.38. The number of nitrogens with zero attached hydrogens (tertiary/aromatic N) is 4. The molecule has 4 nitrogen and oxygen atoms in total. The second-order valence-electron chi connectivity index (χ2n) is 6.01. The maximum absolute atomic E-state index is 9.16. The van der Waals surface area contributed by atoms with Crippen molar-refractivity contribution in [3.8, 4) is 6.07 Å². The SMILES string of the molecule is Cc1nccn1CC[C@@H](C)N1CCC(C)(C#N)CC1. The van der Waals surface area contributed by atoms with Crippen LogP contribution in [0.1, 0.15) is 38.9 Å². The van der Waals surface area contributed by atoms with Gasteiger partial charge in [-0.15, -0.1) is 0 Å². The monoisotopic (exact) mass is 260 g/mol. The maximum atomic E-state index is 9.16. The van der Waals surface area contributed by atoms with Crippen LogP contribution in [0.15, 0.2) is 12.4 Å². The fourth-order valence-corrected chi connectivity index (χ4v) is 2.72. The van der Waals surface area contributed by atoms with Crippen molar-refractivity contribution in [3.63, 3.8) is 0 Å². The Hall–Kier alpha value is -1.34. The van der Waals surface area contributed by atoms with Gasteiger partial charge in [0.15, 0.2) is 0 Å². The molecule has 1 fully saturated rings. The third-order valence-corrected chi connectivity index (χ3v) is 4.51. The summed E-state index contributed by atoms with van der Waals surface area (Å²) in [7, 11) is 0. The number of rotatable bonds is 4. The first-order valence-electron chi connectivity index (χ1n) is 7.17. The molecular weight excluding hydrogens is 236 g/mol. The first-order valence-corrected chi connectivity index (χ1v) is 7.17. The minimum atomic E-state index is -0.100. The van der Waals surface area contributed by atoms with Crippen molar-refractivity contribution in [1.82, 2.24) is 14.5 Å². The van der Waals surface area contributed by atoms with Gasteiger partial charge in [0.1, 0.15) is 5.82 Å². The summed E-state index contributed by atoms with van der Waals surface area (Å²) in [6, 6.07) is 3.04. The van der Waals surface area contributed by atoms with E-state index < -0.39 is 0 Å². The largest absolute Gasteiger partial charge is 0.335 e. The predicted octanol–water partition coefficient (Wildman–Crippen LogP) is 2.60. The quantitative estimate of drug-likeness (QED) is 0.836. The van der Waals surface area contributed by atoms with E-state index in [4.69, 9.17) is 5.26 Å². The summed E-state index contributed by atoms with van der Waals surface area (Å²) >= 11 is 0. The zero-order valence-corrected chi connectivity index (χ0v) is 12.3. The summed E-state index contributed by atoms with van der Waals surface area (Å²) in [5.74, 6) is 1.09. The molecule has 0 spiro atoms. The van der Waals surface area contributed by atoms with E-state index in [9.17, 15) is 0 Å². The molecule has 1 aromatic heterocycles. The third kappa shape index (κ3) is 3.36. The standard InChI is InChI=1S/C15H24N4/c1-13(4-8-19-11-7-17-14(19)2)18-9-5-15(3,12-16)6-10-18/h7,11,13H,4-6,8-10H2,1-3H3/t13-/m1/s1. The third-order valence-electron chi connectivity index (χ3n) is 4.51. The molecular formula is C15H24N4. The summed E-state index contributed by atoms with van der Waals surface area (Å²) in [5, 5.41) is 9.16. The van der Waals surface area contributed by atoms with E-state index in [1.165, 1.54) is 0 Å². The number of hydrogen-bond donors (Lipinski definition) is 0. The average molecular weight is 260 g/mol. The molecule has 1 aliphatic heterocycles. The highest BCUT2D eigenvalue weighted by molar-refractivity contribution is 4.99. The fourth-order valence-electron chi connectivity index (χ4n) is 2.72. The Kier molecular flexibility index (Phi) is 4.26. The van der Waals surface area contributed by atoms with Gasteiger partial charge in [0, 0.05) is 25.0 Å². The zero-order chi connectivity index (χ0) is 13.9. The van der Waals surface area contributed by atoms with Crippen molar-refractivity contribution in [1.29, 1.82) is 5.26 Å². The van der Waals surface area contributed by atoms with Crippen LogP contribution >= 0.6 is 0 Å². The molecule has 0 radical (unpaired) electrons. The molecule has 19 heavy (non-hydrogen) atoms. The molecule has 1 atom stereocenters. The topological polar surface area (TPSA) is 44.9 Å². The Labute approximate surface area is 116 Å². The van der Waals surface area contributed by atoms with Crippen molar-refractivity contribution in [2.45, 2.75) is 52.6 Å². The number of imidazole rings is 1. The van der Waals surface area contributed by atoms with Crippen LogP contribution in [0.2, 0.25) is 0 Å². The zero-order valence-electron chi connectivity index (χ0n) is 12.3. The number of aromatic nitrogens is 2. The Morgan fingerprint density at radius 2 is 2.16 bits per heavy atom. The van der Waals surface area contributed by atoms with Gasteiger partial charge in [-0.1, -0.05) is 0 Å². The van der Waals surface area contributed by atoms with E-state index in [2.05, 4.69) is 34.4 Å². The number of hydrogen-bond acceptors (Lipinski definition) is 3. The second-order valence-corrected chi connectivity index (χ2v) is 6.01. The van der Waals surface area contributed by atoms with E-state index in [0.29, 0.717) is 6.04 Å². The highest BCUT2D eigenvalue weighted by Crippen LogP contribution is 2.30. The summed E-state index contributed by atoms with van der Waals surface area (Å²) in [4.78, 5) is 6.77. The van der Waals surface area contributed by atoms with Crippen molar-refractivity contribution in [3.05, 3.63) is 18.2 Å². The summed E-state index contributed by atoms with van der Waals surface area (Å²) in [6.45, 7) is 9.55. The molecule has 4 heteroatoms. The van der Waals surface area contributed by atoms with Gasteiger partial charge < -0.3 is 9.47 Å². The van der Waals surface area contributed by atoms with E-state index in [1.54, 1.807) is 0 Å². The summed E-state index contributed by atoms with van der Waals surface area (Å²) < 4.78 is 2.21. The van der Waals surface area contributed by atoms with Crippen molar-refractivity contribution < 1.29 is 0 Å². The van der Waals surface area contributed by atoms with Gasteiger partial charge in [-0.05, 0) is 53.1 Å². The first-order chi connectivity index (χ1) is 9.04. The van der Waals surface area contributed by atoms with Crippen LogP contribution in [0.25, 0.3) is 0 Å². The number of aryl methyl sites for hydroxylation is 2. The normalized spacial score (nSPS) is 20.9. The predicted molar refractivity (Wildman–Crippen MR) is 75.6 cm³/mol. The van der Waals surface area contributed by atoms with Gasteiger partial charge in [-0.25, -0.2) is 4.98 Å². The summed E-state index contributed by atoms with van der Waals surface area (Å²) in [6.07, 6.45) is 7.04. The molecule has 0 amide bonds. The van der Waals surface area contributed by atoms with Crippen LogP contribution < -0.4 is 0 Å². The van der Waals surface area contributed by atoms with Gasteiger partial charge in [0.2, 0.25) is 0 Å². The Bertz CT molecular complexity index is 449. The molecule has 2 rings (SSSR count). The lowest BCUT2D eigenvalue weighted by molar-refractivity contribution is 0.112. The lowest BCUT2D eigenvalue weighted by atomic mass is 9.81. The van der Waals surface area contributed by atoms with Crippen molar-refractivity contribution in [2.24, 2.45) is 5.41 Å². The molecule has 0 aromatic carbocycles. The highest BCUT2D eigenvalue weighted by atomic mass is 15.2. The fraction of sp³-hybridized carbons (Fsp3) is 0.733. The highest BCUT2D eigenvalue weighted by Gasteiger charge is 2.31. The summed E-state index contributed by atoms with van der Waals surface area (Å²) in [5.41, 5.74) is -0.100. The molecule has 0 unspecified atom stereocenters. The van der Waals surface area contributed by atoms with Crippen LogP contribution in [-0.2, 0) is 6.54 Å². The Balaban J connectivity index is 1.80. The van der Waals surface area contributed by atoms with Gasteiger partial charge >= 0.3 is 0 Å². The molecule has 1 aliphatic rings. The van der Waals surface area contributed by atoms with Gasteiger partial charge in [0.25, 0.3) is 0 Å². The molecule has 104 valence electrons. The molecule has 1 saturated heterocycles. The van der Waals surface area contributed by atoms with Crippen molar-refractivity contribution in [2.75, 3.05) is 13.1 Å². The van der Waals surface area contributed by atoms with Crippen molar-refractivity contribution >= 4 is 0 Å². The number of nitriles is 1.